The van der Waals surface area contributed by atoms with Crippen LogP contribution in [0.5, 0.6) is 0 Å². The van der Waals surface area contributed by atoms with Gasteiger partial charge in [-0.2, -0.15) is 0 Å². The minimum Gasteiger partial charge on any atom is -0.371 e. The van der Waals surface area contributed by atoms with E-state index in [0.29, 0.717) is 0 Å². The summed E-state index contributed by atoms with van der Waals surface area (Å²) < 4.78 is 0. The maximum atomic E-state index is 5.88. The molecule has 0 bridgehead atoms. The zero-order valence-corrected chi connectivity index (χ0v) is 10.6. The van der Waals surface area contributed by atoms with Gasteiger partial charge in [-0.3, -0.25) is 0 Å². The number of nitrogens with two attached hydrogens (primary N) is 1. The fourth-order valence-electron chi connectivity index (χ4n) is 3.43. The second kappa shape index (κ2) is 4.34. The van der Waals surface area contributed by atoms with Gasteiger partial charge in [0.2, 0.25) is 0 Å². The second-order valence-corrected chi connectivity index (χ2v) is 5.74. The van der Waals surface area contributed by atoms with Crippen LogP contribution in [0.3, 0.4) is 0 Å². The predicted molar refractivity (Wildman–Crippen MR) is 72.1 cm³/mol. The van der Waals surface area contributed by atoms with E-state index in [4.69, 9.17) is 5.73 Å². The molecule has 0 amide bonds. The van der Waals surface area contributed by atoms with E-state index < -0.39 is 0 Å². The van der Waals surface area contributed by atoms with E-state index in [9.17, 15) is 0 Å². The molecule has 1 aromatic rings. The van der Waals surface area contributed by atoms with Crippen molar-refractivity contribution < 1.29 is 0 Å². The molecule has 3 rings (SSSR count). The first-order chi connectivity index (χ1) is 8.24. The summed E-state index contributed by atoms with van der Waals surface area (Å²) in [5.41, 5.74) is 8.49. The number of rotatable bonds is 2. The van der Waals surface area contributed by atoms with Gasteiger partial charge in [-0.25, -0.2) is 0 Å². The Morgan fingerprint density at radius 1 is 1.12 bits per heavy atom. The van der Waals surface area contributed by atoms with Crippen LogP contribution >= 0.6 is 0 Å². The molecule has 0 spiro atoms. The number of hydrogen-bond donors (Lipinski definition) is 1. The molecule has 17 heavy (non-hydrogen) atoms. The van der Waals surface area contributed by atoms with Crippen LogP contribution in [0.15, 0.2) is 24.3 Å². The van der Waals surface area contributed by atoms with E-state index >= 15 is 0 Å². The highest BCUT2D eigenvalue weighted by Gasteiger charge is 2.35. The Bertz CT molecular complexity index is 370. The van der Waals surface area contributed by atoms with Crippen LogP contribution < -0.4 is 10.6 Å². The van der Waals surface area contributed by atoms with Crippen LogP contribution in [0.25, 0.3) is 0 Å². The van der Waals surface area contributed by atoms with Gasteiger partial charge in [0.25, 0.3) is 0 Å². The zero-order valence-electron chi connectivity index (χ0n) is 10.6. The lowest BCUT2D eigenvalue weighted by molar-refractivity contribution is 0.494. The molecule has 2 aliphatic rings. The smallest absolute Gasteiger partial charge is 0.0366 e. The van der Waals surface area contributed by atoms with Crippen molar-refractivity contribution in [1.82, 2.24) is 0 Å². The Labute approximate surface area is 104 Å². The van der Waals surface area contributed by atoms with E-state index in [2.05, 4.69) is 29.2 Å². The van der Waals surface area contributed by atoms with Gasteiger partial charge in [0.1, 0.15) is 0 Å². The molecule has 3 atom stereocenters. The van der Waals surface area contributed by atoms with E-state index in [0.717, 1.165) is 11.8 Å². The second-order valence-electron chi connectivity index (χ2n) is 5.74. The minimum absolute atomic E-state index is 0.141. The van der Waals surface area contributed by atoms with Gasteiger partial charge in [-0.05, 0) is 49.3 Å². The monoisotopic (exact) mass is 230 g/mol. The van der Waals surface area contributed by atoms with Crippen molar-refractivity contribution in [1.29, 1.82) is 0 Å². The molecule has 1 heterocycles. The average molecular weight is 230 g/mol. The summed E-state index contributed by atoms with van der Waals surface area (Å²) in [5, 5.41) is 0. The Balaban J connectivity index is 1.73. The van der Waals surface area contributed by atoms with Gasteiger partial charge in [0, 0.05) is 24.8 Å². The molecular weight excluding hydrogens is 208 g/mol. The third-order valence-corrected chi connectivity index (χ3v) is 4.51. The van der Waals surface area contributed by atoms with Crippen LogP contribution in [0.2, 0.25) is 0 Å². The molecule has 1 aliphatic heterocycles. The molecule has 2 N–H and O–H groups in total. The van der Waals surface area contributed by atoms with Crippen LogP contribution in [0, 0.1) is 11.8 Å². The fourth-order valence-corrected chi connectivity index (χ4v) is 3.43. The number of benzene rings is 1. The molecule has 1 saturated heterocycles. The van der Waals surface area contributed by atoms with Gasteiger partial charge < -0.3 is 10.6 Å². The highest BCUT2D eigenvalue weighted by atomic mass is 15.2. The van der Waals surface area contributed by atoms with Crippen molar-refractivity contribution in [2.75, 3.05) is 18.0 Å². The number of hydrogen-bond acceptors (Lipinski definition) is 2. The van der Waals surface area contributed by atoms with Crippen molar-refractivity contribution in [3.05, 3.63) is 29.8 Å². The van der Waals surface area contributed by atoms with E-state index in [1.165, 1.54) is 43.6 Å². The summed E-state index contributed by atoms with van der Waals surface area (Å²) >= 11 is 0. The SMILES string of the molecule is CC(N)c1ccc(N2CC3CCCC3C2)cc1. The quantitative estimate of drug-likeness (QED) is 0.846. The lowest BCUT2D eigenvalue weighted by Gasteiger charge is -2.20. The summed E-state index contributed by atoms with van der Waals surface area (Å²) in [6.45, 7) is 4.57. The normalized spacial score (nSPS) is 29.4. The Kier molecular flexibility index (Phi) is 2.83. The maximum absolute atomic E-state index is 5.88. The lowest BCUT2D eigenvalue weighted by Crippen LogP contribution is -2.20. The van der Waals surface area contributed by atoms with Crippen LogP contribution in [0.1, 0.15) is 37.8 Å². The number of fused-ring (bicyclic) bond motifs is 1. The lowest BCUT2D eigenvalue weighted by atomic mass is 10.0. The van der Waals surface area contributed by atoms with Crippen LogP contribution in [-0.4, -0.2) is 13.1 Å². The van der Waals surface area contributed by atoms with Crippen molar-refractivity contribution >= 4 is 5.69 Å². The molecule has 1 aromatic carbocycles. The third kappa shape index (κ3) is 2.06. The van der Waals surface area contributed by atoms with Crippen molar-refractivity contribution in [3.63, 3.8) is 0 Å². The van der Waals surface area contributed by atoms with Gasteiger partial charge in [-0.15, -0.1) is 0 Å². The first-order valence-electron chi connectivity index (χ1n) is 6.84. The first kappa shape index (κ1) is 11.1. The molecule has 3 unspecified atom stereocenters. The minimum atomic E-state index is 0.141. The summed E-state index contributed by atoms with van der Waals surface area (Å²) in [5.74, 6) is 1.92. The molecule has 2 heteroatoms. The summed E-state index contributed by atoms with van der Waals surface area (Å²) in [4.78, 5) is 2.56. The van der Waals surface area contributed by atoms with Gasteiger partial charge in [-0.1, -0.05) is 18.6 Å². The highest BCUT2D eigenvalue weighted by molar-refractivity contribution is 5.49. The van der Waals surface area contributed by atoms with Crippen LogP contribution in [0.4, 0.5) is 5.69 Å². The number of anilines is 1. The Morgan fingerprint density at radius 3 is 2.24 bits per heavy atom. The average Bonchev–Trinajstić information content (AvgIpc) is 2.89. The standard InChI is InChI=1S/C15H22N2/c1-11(16)12-5-7-15(8-6-12)17-9-13-3-2-4-14(13)10-17/h5-8,11,13-14H,2-4,9-10,16H2,1H3. The third-order valence-electron chi connectivity index (χ3n) is 4.51. The molecule has 1 saturated carbocycles. The first-order valence-corrected chi connectivity index (χ1v) is 6.84. The van der Waals surface area contributed by atoms with Crippen LogP contribution in [-0.2, 0) is 0 Å². The van der Waals surface area contributed by atoms with Crippen molar-refractivity contribution in [3.8, 4) is 0 Å². The fraction of sp³-hybridized carbons (Fsp3) is 0.600. The van der Waals surface area contributed by atoms with Gasteiger partial charge in [0.15, 0.2) is 0 Å². The predicted octanol–water partition coefficient (Wildman–Crippen LogP) is 2.94. The summed E-state index contributed by atoms with van der Waals surface area (Å²) in [6, 6.07) is 8.96. The zero-order chi connectivity index (χ0) is 11.8. The summed E-state index contributed by atoms with van der Waals surface area (Å²) in [7, 11) is 0. The molecular formula is C15H22N2. The topological polar surface area (TPSA) is 29.3 Å². The number of nitrogens with zero attached hydrogens (tertiary/aromatic N) is 1. The van der Waals surface area contributed by atoms with Crippen molar-refractivity contribution in [2.24, 2.45) is 17.6 Å². The van der Waals surface area contributed by atoms with E-state index in [1.807, 2.05) is 6.92 Å². The Hall–Kier alpha value is -1.02. The van der Waals surface area contributed by atoms with E-state index in [1.54, 1.807) is 0 Å². The highest BCUT2D eigenvalue weighted by Crippen LogP contribution is 2.39. The Morgan fingerprint density at radius 2 is 1.71 bits per heavy atom. The largest absolute Gasteiger partial charge is 0.371 e. The molecule has 0 aromatic heterocycles. The molecule has 92 valence electrons. The van der Waals surface area contributed by atoms with E-state index in [-0.39, 0.29) is 6.04 Å². The van der Waals surface area contributed by atoms with Crippen molar-refractivity contribution in [2.45, 2.75) is 32.2 Å². The molecule has 2 fully saturated rings. The molecule has 0 radical (unpaired) electrons. The maximum Gasteiger partial charge on any atom is 0.0366 e. The molecule has 2 nitrogen and oxygen atoms in total. The van der Waals surface area contributed by atoms with Gasteiger partial charge >= 0.3 is 0 Å². The summed E-state index contributed by atoms with van der Waals surface area (Å²) in [6.07, 6.45) is 4.34. The molecule has 1 aliphatic carbocycles. The van der Waals surface area contributed by atoms with Gasteiger partial charge in [0.05, 0.1) is 0 Å².